The lowest BCUT2D eigenvalue weighted by Gasteiger charge is -2.26. The Labute approximate surface area is 129 Å². The van der Waals surface area contributed by atoms with Crippen LogP contribution in [0, 0.1) is 0 Å². The first-order valence-corrected chi connectivity index (χ1v) is 7.78. The second-order valence-electron chi connectivity index (χ2n) is 5.20. The molecule has 7 heteroatoms. The van der Waals surface area contributed by atoms with Crippen LogP contribution in [0.2, 0.25) is 5.02 Å². The highest BCUT2D eigenvalue weighted by atomic mass is 35.5. The minimum absolute atomic E-state index is 0.0310. The van der Waals surface area contributed by atoms with Gasteiger partial charge in [0.15, 0.2) is 0 Å². The van der Waals surface area contributed by atoms with Crippen molar-refractivity contribution in [2.75, 3.05) is 25.0 Å². The van der Waals surface area contributed by atoms with E-state index in [0.717, 1.165) is 32.4 Å². The Hall–Kier alpha value is -1.56. The van der Waals surface area contributed by atoms with Crippen molar-refractivity contribution in [3.05, 3.63) is 21.6 Å². The number of aromatic nitrogens is 2. The first-order valence-electron chi connectivity index (χ1n) is 7.40. The summed E-state index contributed by atoms with van der Waals surface area (Å²) in [5, 5.41) is 7.06. The Bertz CT molecular complexity index is 552. The minimum atomic E-state index is -0.325. The molecular weight excluding hydrogens is 292 g/mol. The summed E-state index contributed by atoms with van der Waals surface area (Å²) in [6.07, 6.45) is 5.61. The average Bonchev–Trinajstić information content (AvgIpc) is 2.52. The molecule has 1 aromatic rings. The number of aryl methyl sites for hydroxylation is 1. The number of carbonyl (C=O) groups is 1. The molecule has 2 heterocycles. The maximum absolute atomic E-state index is 12.1. The Morgan fingerprint density at radius 1 is 1.38 bits per heavy atom. The molecule has 0 unspecified atom stereocenters. The van der Waals surface area contributed by atoms with Gasteiger partial charge in [-0.15, -0.1) is 0 Å². The lowest BCUT2D eigenvalue weighted by atomic mass is 10.1. The van der Waals surface area contributed by atoms with Gasteiger partial charge in [0, 0.05) is 19.6 Å². The summed E-state index contributed by atoms with van der Waals surface area (Å²) >= 11 is 6.04. The van der Waals surface area contributed by atoms with Crippen LogP contribution < -0.4 is 10.9 Å². The molecule has 1 N–H and O–H groups in total. The number of amides is 1. The summed E-state index contributed by atoms with van der Waals surface area (Å²) in [7, 11) is 0. The maximum Gasteiger partial charge on any atom is 0.287 e. The van der Waals surface area contributed by atoms with Crippen molar-refractivity contribution in [2.24, 2.45) is 0 Å². The van der Waals surface area contributed by atoms with Crippen LogP contribution in [0.3, 0.4) is 0 Å². The molecule has 0 bridgehead atoms. The largest absolute Gasteiger partial charge is 0.373 e. The molecule has 0 saturated carbocycles. The zero-order valence-electron chi connectivity index (χ0n) is 12.3. The number of likely N-dealkylation sites (tertiary alicyclic amines) is 1. The molecular formula is C14H21ClN4O2. The molecule has 1 aliphatic heterocycles. The Morgan fingerprint density at radius 2 is 2.10 bits per heavy atom. The van der Waals surface area contributed by atoms with Gasteiger partial charge in [-0.05, 0) is 25.7 Å². The van der Waals surface area contributed by atoms with Gasteiger partial charge in [0.25, 0.3) is 5.56 Å². The molecule has 0 radical (unpaired) electrons. The van der Waals surface area contributed by atoms with E-state index >= 15 is 0 Å². The second-order valence-corrected chi connectivity index (χ2v) is 5.57. The maximum atomic E-state index is 12.1. The Morgan fingerprint density at radius 3 is 2.76 bits per heavy atom. The van der Waals surface area contributed by atoms with Gasteiger partial charge in [-0.25, -0.2) is 4.68 Å². The monoisotopic (exact) mass is 312 g/mol. The third-order valence-corrected chi connectivity index (χ3v) is 3.92. The van der Waals surface area contributed by atoms with E-state index in [1.54, 1.807) is 0 Å². The fourth-order valence-corrected chi connectivity index (χ4v) is 2.60. The van der Waals surface area contributed by atoms with Crippen LogP contribution in [-0.4, -0.2) is 40.2 Å². The predicted octanol–water partition coefficient (Wildman–Crippen LogP) is 1.73. The smallest absolute Gasteiger partial charge is 0.287 e. The van der Waals surface area contributed by atoms with Gasteiger partial charge in [-0.2, -0.15) is 5.10 Å². The molecule has 1 aromatic heterocycles. The summed E-state index contributed by atoms with van der Waals surface area (Å²) in [5.74, 6) is 0.0310. The summed E-state index contributed by atoms with van der Waals surface area (Å²) < 4.78 is 1.33. The van der Waals surface area contributed by atoms with Crippen LogP contribution in [0.15, 0.2) is 11.0 Å². The van der Waals surface area contributed by atoms with Crippen molar-refractivity contribution < 1.29 is 4.79 Å². The van der Waals surface area contributed by atoms with Crippen LogP contribution in [0.5, 0.6) is 0 Å². The molecule has 2 rings (SSSR count). The molecule has 1 saturated heterocycles. The summed E-state index contributed by atoms with van der Waals surface area (Å²) in [6.45, 7) is 4.25. The van der Waals surface area contributed by atoms with Crippen molar-refractivity contribution in [3.8, 4) is 0 Å². The number of nitrogens with zero attached hydrogens (tertiary/aromatic N) is 3. The van der Waals surface area contributed by atoms with Crippen molar-refractivity contribution in [2.45, 2.75) is 39.2 Å². The van der Waals surface area contributed by atoms with Gasteiger partial charge >= 0.3 is 0 Å². The van der Waals surface area contributed by atoms with E-state index in [1.807, 2.05) is 11.8 Å². The third-order valence-electron chi connectivity index (χ3n) is 3.56. The molecule has 0 atom stereocenters. The zero-order chi connectivity index (χ0) is 15.2. The van der Waals surface area contributed by atoms with Gasteiger partial charge in [0.1, 0.15) is 5.02 Å². The lowest BCUT2D eigenvalue weighted by molar-refractivity contribution is -0.130. The molecule has 6 nitrogen and oxygen atoms in total. The van der Waals surface area contributed by atoms with Crippen LogP contribution in [0.1, 0.15) is 32.6 Å². The van der Waals surface area contributed by atoms with Crippen molar-refractivity contribution in [3.63, 3.8) is 0 Å². The molecule has 1 fully saturated rings. The number of anilines is 1. The third kappa shape index (κ3) is 3.97. The Kier molecular flexibility index (Phi) is 5.61. The van der Waals surface area contributed by atoms with E-state index in [-0.39, 0.29) is 23.0 Å². The fraction of sp³-hybridized carbons (Fsp3) is 0.643. The van der Waals surface area contributed by atoms with Crippen LogP contribution in [0.4, 0.5) is 5.69 Å². The lowest BCUT2D eigenvalue weighted by Crippen LogP contribution is -2.39. The van der Waals surface area contributed by atoms with Crippen LogP contribution in [0.25, 0.3) is 0 Å². The predicted molar refractivity (Wildman–Crippen MR) is 82.7 cm³/mol. The molecule has 116 valence electrons. The molecule has 21 heavy (non-hydrogen) atoms. The number of piperidine rings is 1. The van der Waals surface area contributed by atoms with E-state index < -0.39 is 0 Å². The number of hydrogen-bond acceptors (Lipinski definition) is 4. The van der Waals surface area contributed by atoms with E-state index in [1.165, 1.54) is 17.3 Å². The zero-order valence-corrected chi connectivity index (χ0v) is 13.0. The van der Waals surface area contributed by atoms with Crippen LogP contribution >= 0.6 is 11.6 Å². The highest BCUT2D eigenvalue weighted by Gasteiger charge is 2.17. The topological polar surface area (TPSA) is 67.2 Å². The number of nitrogens with one attached hydrogen (secondary N) is 1. The van der Waals surface area contributed by atoms with Gasteiger partial charge < -0.3 is 10.2 Å². The van der Waals surface area contributed by atoms with Crippen molar-refractivity contribution in [1.82, 2.24) is 14.7 Å². The van der Waals surface area contributed by atoms with Crippen molar-refractivity contribution >= 4 is 23.2 Å². The quantitative estimate of drug-likeness (QED) is 0.899. The molecule has 1 aliphatic rings. The van der Waals surface area contributed by atoms with Crippen molar-refractivity contribution in [1.29, 1.82) is 0 Å². The molecule has 1 amide bonds. The van der Waals surface area contributed by atoms with Gasteiger partial charge in [0.05, 0.1) is 18.4 Å². The highest BCUT2D eigenvalue weighted by Crippen LogP contribution is 2.15. The molecule has 0 spiro atoms. The SMILES string of the molecule is CCCn1ncc(NCC(=O)N2CCCCC2)c(Cl)c1=O. The van der Waals surface area contributed by atoms with E-state index in [0.29, 0.717) is 12.2 Å². The second kappa shape index (κ2) is 7.45. The van der Waals surface area contributed by atoms with Gasteiger partial charge in [0.2, 0.25) is 5.91 Å². The number of hydrogen-bond donors (Lipinski definition) is 1. The minimum Gasteiger partial charge on any atom is -0.373 e. The number of halogens is 1. The highest BCUT2D eigenvalue weighted by molar-refractivity contribution is 6.33. The molecule has 0 aliphatic carbocycles. The summed E-state index contributed by atoms with van der Waals surface area (Å²) in [6, 6.07) is 0. The van der Waals surface area contributed by atoms with Gasteiger partial charge in [-0.3, -0.25) is 9.59 Å². The number of carbonyl (C=O) groups excluding carboxylic acids is 1. The van der Waals surface area contributed by atoms with Gasteiger partial charge in [-0.1, -0.05) is 18.5 Å². The van der Waals surface area contributed by atoms with E-state index in [4.69, 9.17) is 11.6 Å². The molecule has 0 aromatic carbocycles. The Balaban J connectivity index is 1.98. The van der Waals surface area contributed by atoms with E-state index in [2.05, 4.69) is 10.4 Å². The first kappa shape index (κ1) is 15.8. The normalized spacial score (nSPS) is 15.0. The van der Waals surface area contributed by atoms with E-state index in [9.17, 15) is 9.59 Å². The standard InChI is InChI=1S/C14H21ClN4O2/c1-2-6-19-14(21)13(15)11(9-17-19)16-10-12(20)18-7-4-3-5-8-18/h9,16H,2-8,10H2,1H3. The first-order chi connectivity index (χ1) is 10.1. The number of rotatable bonds is 5. The average molecular weight is 313 g/mol. The van der Waals surface area contributed by atoms with Crippen LogP contribution in [-0.2, 0) is 11.3 Å². The summed E-state index contributed by atoms with van der Waals surface area (Å²) in [4.78, 5) is 25.9. The fourth-order valence-electron chi connectivity index (χ4n) is 2.39. The summed E-state index contributed by atoms with van der Waals surface area (Å²) in [5.41, 5.74) is 0.0910.